The van der Waals surface area contributed by atoms with Crippen molar-refractivity contribution in [3.05, 3.63) is 33.8 Å². The normalized spacial score (nSPS) is 13.2. The summed E-state index contributed by atoms with van der Waals surface area (Å²) >= 11 is 2.88. The van der Waals surface area contributed by atoms with Crippen LogP contribution in [0, 0.1) is 5.92 Å². The molecule has 0 aliphatic heterocycles. The van der Waals surface area contributed by atoms with E-state index in [2.05, 4.69) is 22.9 Å². The minimum absolute atomic E-state index is 0.0374. The largest absolute Gasteiger partial charge is 0.417 e. The monoisotopic (exact) mass is 364 g/mol. The predicted octanol–water partition coefficient (Wildman–Crippen LogP) is 6.26. The van der Waals surface area contributed by atoms with E-state index < -0.39 is 11.7 Å². The Morgan fingerprint density at radius 1 is 1.29 bits per heavy atom. The summed E-state index contributed by atoms with van der Waals surface area (Å²) < 4.78 is 38.5. The zero-order valence-electron chi connectivity index (χ0n) is 12.3. The number of halogens is 4. The summed E-state index contributed by atoms with van der Waals surface area (Å²) in [7, 11) is 0. The summed E-state index contributed by atoms with van der Waals surface area (Å²) in [5, 5.41) is 0. The number of carbonyl (C=O) groups excluding carboxylic acids is 1. The molecule has 1 unspecified atom stereocenters. The highest BCUT2D eigenvalue weighted by Crippen LogP contribution is 2.35. The molecule has 21 heavy (non-hydrogen) atoms. The second-order valence-electron chi connectivity index (χ2n) is 5.24. The number of hydrogen-bond donors (Lipinski definition) is 0. The number of rotatable bonds is 7. The first kappa shape index (κ1) is 18.2. The molecule has 5 heteroatoms. The third-order valence-electron chi connectivity index (χ3n) is 3.61. The summed E-state index contributed by atoms with van der Waals surface area (Å²) in [6, 6.07) is 3.69. The van der Waals surface area contributed by atoms with Gasteiger partial charge in [-0.2, -0.15) is 13.2 Å². The van der Waals surface area contributed by atoms with Gasteiger partial charge in [-0.25, -0.2) is 0 Å². The van der Waals surface area contributed by atoms with Crippen molar-refractivity contribution < 1.29 is 18.0 Å². The van der Waals surface area contributed by atoms with Crippen LogP contribution >= 0.6 is 15.9 Å². The van der Waals surface area contributed by atoms with Crippen LogP contribution in [-0.2, 0) is 6.18 Å². The fourth-order valence-electron chi connectivity index (χ4n) is 2.24. The molecule has 118 valence electrons. The molecule has 1 nitrogen and oxygen atoms in total. The molecule has 0 saturated carbocycles. The molecular formula is C16H20BrF3O. The summed E-state index contributed by atoms with van der Waals surface area (Å²) in [6.07, 6.45) is -0.228. The first-order valence-electron chi connectivity index (χ1n) is 7.19. The molecule has 0 bridgehead atoms. The number of benzene rings is 1. The number of ketones is 1. The van der Waals surface area contributed by atoms with Crippen LogP contribution in [0.5, 0.6) is 0 Å². The molecule has 0 saturated heterocycles. The van der Waals surface area contributed by atoms with E-state index in [0.717, 1.165) is 31.7 Å². The molecule has 0 fully saturated rings. The van der Waals surface area contributed by atoms with E-state index in [1.54, 1.807) is 0 Å². The third kappa shape index (κ3) is 5.46. The van der Waals surface area contributed by atoms with Gasteiger partial charge in [0.15, 0.2) is 5.78 Å². The average Bonchev–Trinajstić information content (AvgIpc) is 2.42. The van der Waals surface area contributed by atoms with Crippen LogP contribution in [0.2, 0.25) is 0 Å². The van der Waals surface area contributed by atoms with Gasteiger partial charge in [0.1, 0.15) is 0 Å². The molecule has 0 spiro atoms. The molecule has 1 atom stereocenters. The van der Waals surface area contributed by atoms with Crippen molar-refractivity contribution in [2.75, 3.05) is 0 Å². The standard InChI is InChI=1S/C16H20BrF3O/c1-3-5-6-11(4-2)9-15(21)12-7-8-14(17)13(10-12)16(18,19)20/h7-8,10-11H,3-6,9H2,1-2H3. The van der Waals surface area contributed by atoms with Crippen molar-refractivity contribution in [3.63, 3.8) is 0 Å². The Balaban J connectivity index is 2.88. The van der Waals surface area contributed by atoms with Gasteiger partial charge in [-0.15, -0.1) is 0 Å². The van der Waals surface area contributed by atoms with Crippen molar-refractivity contribution in [3.8, 4) is 0 Å². The minimum atomic E-state index is -4.46. The van der Waals surface area contributed by atoms with Gasteiger partial charge in [0.25, 0.3) is 0 Å². The Morgan fingerprint density at radius 2 is 1.95 bits per heavy atom. The molecular weight excluding hydrogens is 345 g/mol. The molecule has 1 aromatic carbocycles. The number of alkyl halides is 3. The lowest BCUT2D eigenvalue weighted by Gasteiger charge is -2.15. The first-order chi connectivity index (χ1) is 9.79. The van der Waals surface area contributed by atoms with Gasteiger partial charge in [-0.3, -0.25) is 4.79 Å². The highest BCUT2D eigenvalue weighted by molar-refractivity contribution is 9.10. The van der Waals surface area contributed by atoms with E-state index in [-0.39, 0.29) is 21.7 Å². The lowest BCUT2D eigenvalue weighted by atomic mass is 9.91. The summed E-state index contributed by atoms with van der Waals surface area (Å²) in [5.41, 5.74) is -0.657. The van der Waals surface area contributed by atoms with Gasteiger partial charge in [0.05, 0.1) is 5.56 Å². The van der Waals surface area contributed by atoms with Crippen molar-refractivity contribution in [1.82, 2.24) is 0 Å². The predicted molar refractivity (Wildman–Crippen MR) is 81.4 cm³/mol. The maximum atomic E-state index is 12.8. The zero-order valence-corrected chi connectivity index (χ0v) is 13.9. The Morgan fingerprint density at radius 3 is 2.48 bits per heavy atom. The van der Waals surface area contributed by atoms with E-state index in [1.165, 1.54) is 12.1 Å². The fraction of sp³-hybridized carbons (Fsp3) is 0.562. The van der Waals surface area contributed by atoms with Crippen molar-refractivity contribution in [2.45, 2.75) is 52.1 Å². The SMILES string of the molecule is CCCCC(CC)CC(=O)c1ccc(Br)c(C(F)(F)F)c1. The maximum Gasteiger partial charge on any atom is 0.417 e. The van der Waals surface area contributed by atoms with E-state index >= 15 is 0 Å². The molecule has 0 N–H and O–H groups in total. The van der Waals surface area contributed by atoms with Gasteiger partial charge in [-0.1, -0.05) is 61.5 Å². The van der Waals surface area contributed by atoms with Gasteiger partial charge in [0, 0.05) is 16.5 Å². The Labute approximate surface area is 132 Å². The Kier molecular flexibility index (Phi) is 6.91. The van der Waals surface area contributed by atoms with Crippen LogP contribution in [0.4, 0.5) is 13.2 Å². The summed E-state index contributed by atoms with van der Waals surface area (Å²) in [4.78, 5) is 12.2. The molecule has 0 radical (unpaired) electrons. The van der Waals surface area contributed by atoms with Crippen molar-refractivity contribution in [1.29, 1.82) is 0 Å². The highest BCUT2D eigenvalue weighted by Gasteiger charge is 2.33. The number of hydrogen-bond acceptors (Lipinski definition) is 1. The van der Waals surface area contributed by atoms with Gasteiger partial charge >= 0.3 is 6.18 Å². The van der Waals surface area contributed by atoms with Crippen LogP contribution in [0.15, 0.2) is 22.7 Å². The second kappa shape index (κ2) is 7.97. The van der Waals surface area contributed by atoms with Crippen LogP contribution in [0.3, 0.4) is 0 Å². The van der Waals surface area contributed by atoms with Crippen LogP contribution in [-0.4, -0.2) is 5.78 Å². The molecule has 1 aromatic rings. The summed E-state index contributed by atoms with van der Waals surface area (Å²) in [6.45, 7) is 4.09. The van der Waals surface area contributed by atoms with Crippen LogP contribution in [0.1, 0.15) is 61.9 Å². The first-order valence-corrected chi connectivity index (χ1v) is 7.98. The Hall–Kier alpha value is -0.840. The van der Waals surface area contributed by atoms with E-state index in [4.69, 9.17) is 0 Å². The quantitative estimate of drug-likeness (QED) is 0.522. The smallest absolute Gasteiger partial charge is 0.294 e. The topological polar surface area (TPSA) is 17.1 Å². The van der Waals surface area contributed by atoms with Crippen molar-refractivity contribution >= 4 is 21.7 Å². The minimum Gasteiger partial charge on any atom is -0.294 e. The third-order valence-corrected chi connectivity index (χ3v) is 4.30. The van der Waals surface area contributed by atoms with Gasteiger partial charge in [0.2, 0.25) is 0 Å². The average molecular weight is 365 g/mol. The number of unbranched alkanes of at least 4 members (excludes halogenated alkanes) is 1. The maximum absolute atomic E-state index is 12.8. The molecule has 1 rings (SSSR count). The lowest BCUT2D eigenvalue weighted by Crippen LogP contribution is -2.11. The second-order valence-corrected chi connectivity index (χ2v) is 6.09. The molecule has 0 aliphatic rings. The summed E-state index contributed by atoms with van der Waals surface area (Å²) in [5.74, 6) is 0.0337. The van der Waals surface area contributed by atoms with E-state index in [1.807, 2.05) is 6.92 Å². The lowest BCUT2D eigenvalue weighted by molar-refractivity contribution is -0.138. The van der Waals surface area contributed by atoms with E-state index in [9.17, 15) is 18.0 Å². The van der Waals surface area contributed by atoms with Gasteiger partial charge in [-0.05, 0) is 18.1 Å². The molecule has 0 aliphatic carbocycles. The zero-order chi connectivity index (χ0) is 16.0. The van der Waals surface area contributed by atoms with E-state index in [0.29, 0.717) is 6.42 Å². The molecule has 0 aromatic heterocycles. The fourth-order valence-corrected chi connectivity index (χ4v) is 2.71. The Bertz CT molecular complexity index is 483. The van der Waals surface area contributed by atoms with Crippen LogP contribution < -0.4 is 0 Å². The molecule has 0 heterocycles. The number of Topliss-reactive ketones (excluding diaryl/α,β-unsaturated/α-hetero) is 1. The van der Waals surface area contributed by atoms with Crippen molar-refractivity contribution in [2.24, 2.45) is 5.92 Å². The number of carbonyl (C=O) groups is 1. The van der Waals surface area contributed by atoms with Crippen LogP contribution in [0.25, 0.3) is 0 Å². The molecule has 0 amide bonds. The van der Waals surface area contributed by atoms with Gasteiger partial charge < -0.3 is 0 Å². The highest BCUT2D eigenvalue weighted by atomic mass is 79.9.